The van der Waals surface area contributed by atoms with E-state index in [1.165, 1.54) is 10.9 Å². The first-order valence-electron chi connectivity index (χ1n) is 8.13. The van der Waals surface area contributed by atoms with Crippen LogP contribution < -0.4 is 5.56 Å². The Morgan fingerprint density at radius 1 is 1.16 bits per heavy atom. The van der Waals surface area contributed by atoms with Crippen molar-refractivity contribution in [2.45, 2.75) is 33.1 Å². The maximum atomic E-state index is 12.6. The molecule has 0 saturated carbocycles. The van der Waals surface area contributed by atoms with Crippen LogP contribution in [-0.4, -0.2) is 21.0 Å². The predicted octanol–water partition coefficient (Wildman–Crippen LogP) is 3.59. The van der Waals surface area contributed by atoms with Gasteiger partial charge in [0.2, 0.25) is 0 Å². The third kappa shape index (κ3) is 3.31. The highest BCUT2D eigenvalue weighted by atomic mass is 16.3. The van der Waals surface area contributed by atoms with Crippen LogP contribution in [0, 0.1) is 6.92 Å². The number of nitrogens with zero attached hydrogens (tertiary/aromatic N) is 3. The number of rotatable bonds is 2. The summed E-state index contributed by atoms with van der Waals surface area (Å²) in [4.78, 5) is 17.0. The summed E-state index contributed by atoms with van der Waals surface area (Å²) >= 11 is 0. The molecule has 25 heavy (non-hydrogen) atoms. The largest absolute Gasteiger partial charge is 0.507 e. The van der Waals surface area contributed by atoms with E-state index in [0.29, 0.717) is 22.3 Å². The lowest BCUT2D eigenvalue weighted by atomic mass is 9.86. The van der Waals surface area contributed by atoms with Gasteiger partial charge in [-0.1, -0.05) is 39.0 Å². The van der Waals surface area contributed by atoms with E-state index in [9.17, 15) is 9.90 Å². The van der Waals surface area contributed by atoms with E-state index in [1.54, 1.807) is 31.2 Å². The van der Waals surface area contributed by atoms with Crippen LogP contribution >= 0.6 is 0 Å². The third-order valence-electron chi connectivity index (χ3n) is 4.12. The minimum atomic E-state index is -0.231. The van der Waals surface area contributed by atoms with Gasteiger partial charge in [0.1, 0.15) is 11.6 Å². The Hall–Kier alpha value is -2.95. The number of aromatic hydroxyl groups is 1. The quantitative estimate of drug-likeness (QED) is 0.728. The minimum absolute atomic E-state index is 0.0481. The third-order valence-corrected chi connectivity index (χ3v) is 4.12. The van der Waals surface area contributed by atoms with Crippen molar-refractivity contribution < 1.29 is 5.11 Å². The first kappa shape index (κ1) is 16.9. The van der Waals surface area contributed by atoms with Gasteiger partial charge >= 0.3 is 0 Å². The molecule has 0 radical (unpaired) electrons. The number of hydrogen-bond donors (Lipinski definition) is 1. The van der Waals surface area contributed by atoms with Crippen LogP contribution in [0.15, 0.2) is 52.4 Å². The molecule has 0 fully saturated rings. The monoisotopic (exact) mass is 335 g/mol. The van der Waals surface area contributed by atoms with Crippen molar-refractivity contribution in [2.24, 2.45) is 5.10 Å². The Balaban J connectivity index is 2.09. The average molecular weight is 335 g/mol. The Morgan fingerprint density at radius 2 is 1.88 bits per heavy atom. The van der Waals surface area contributed by atoms with Gasteiger partial charge in [0.15, 0.2) is 0 Å². The molecule has 0 aliphatic rings. The fourth-order valence-electron chi connectivity index (χ4n) is 2.62. The van der Waals surface area contributed by atoms with Gasteiger partial charge in [-0.25, -0.2) is 4.98 Å². The molecule has 0 saturated heterocycles. The van der Waals surface area contributed by atoms with Gasteiger partial charge < -0.3 is 5.11 Å². The molecule has 0 unspecified atom stereocenters. The van der Waals surface area contributed by atoms with Crippen molar-refractivity contribution in [1.82, 2.24) is 9.66 Å². The highest BCUT2D eigenvalue weighted by Gasteiger charge is 2.15. The van der Waals surface area contributed by atoms with Crippen LogP contribution in [0.2, 0.25) is 0 Å². The standard InChI is InChI=1S/C20H21N3O2/c1-13-22-17-8-6-5-7-16(17)19(25)23(13)21-12-14-11-15(20(2,3)4)9-10-18(14)24/h5-12,24H,1-4H3/b21-12+. The summed E-state index contributed by atoms with van der Waals surface area (Å²) in [6.07, 6.45) is 1.50. The zero-order chi connectivity index (χ0) is 18.2. The van der Waals surface area contributed by atoms with Crippen LogP contribution in [0.5, 0.6) is 5.75 Å². The summed E-state index contributed by atoms with van der Waals surface area (Å²) in [7, 11) is 0. The van der Waals surface area contributed by atoms with E-state index in [0.717, 1.165) is 5.56 Å². The number of fused-ring (bicyclic) bond motifs is 1. The van der Waals surface area contributed by atoms with Crippen LogP contribution in [0.1, 0.15) is 37.7 Å². The second kappa shape index (κ2) is 6.16. The summed E-state index contributed by atoms with van der Waals surface area (Å²) in [5, 5.41) is 14.9. The summed E-state index contributed by atoms with van der Waals surface area (Å²) in [6.45, 7) is 8.03. The van der Waals surface area contributed by atoms with Crippen LogP contribution in [0.3, 0.4) is 0 Å². The van der Waals surface area contributed by atoms with E-state index in [2.05, 4.69) is 30.9 Å². The maximum Gasteiger partial charge on any atom is 0.282 e. The zero-order valence-corrected chi connectivity index (χ0v) is 14.8. The molecule has 0 aliphatic heterocycles. The maximum absolute atomic E-state index is 12.6. The van der Waals surface area contributed by atoms with Crippen molar-refractivity contribution in [2.75, 3.05) is 0 Å². The molecule has 5 heteroatoms. The lowest BCUT2D eigenvalue weighted by Crippen LogP contribution is -2.20. The number of aromatic nitrogens is 2. The van der Waals surface area contributed by atoms with E-state index < -0.39 is 0 Å². The highest BCUT2D eigenvalue weighted by Crippen LogP contribution is 2.26. The van der Waals surface area contributed by atoms with Crippen LogP contribution in [-0.2, 0) is 5.41 Å². The van der Waals surface area contributed by atoms with Gasteiger partial charge in [-0.15, -0.1) is 0 Å². The Morgan fingerprint density at radius 3 is 2.60 bits per heavy atom. The molecule has 1 heterocycles. The molecular weight excluding hydrogens is 314 g/mol. The summed E-state index contributed by atoms with van der Waals surface area (Å²) in [5.74, 6) is 0.614. The molecule has 128 valence electrons. The summed E-state index contributed by atoms with van der Waals surface area (Å²) < 4.78 is 1.26. The fourth-order valence-corrected chi connectivity index (χ4v) is 2.62. The van der Waals surface area contributed by atoms with Gasteiger partial charge in [0.05, 0.1) is 17.1 Å². The predicted molar refractivity (Wildman–Crippen MR) is 101 cm³/mol. The average Bonchev–Trinajstić information content (AvgIpc) is 2.55. The fraction of sp³-hybridized carbons (Fsp3) is 0.250. The van der Waals surface area contributed by atoms with Crippen molar-refractivity contribution >= 4 is 17.1 Å². The van der Waals surface area contributed by atoms with Crippen molar-refractivity contribution in [3.05, 3.63) is 69.8 Å². The summed E-state index contributed by atoms with van der Waals surface area (Å²) in [5.41, 5.74) is 2.01. The number of aryl methyl sites for hydroxylation is 1. The molecule has 0 aliphatic carbocycles. The smallest absolute Gasteiger partial charge is 0.282 e. The van der Waals surface area contributed by atoms with E-state index >= 15 is 0 Å². The Bertz CT molecular complexity index is 1030. The normalized spacial score (nSPS) is 12.2. The molecule has 0 spiro atoms. The Labute approximate surface area is 146 Å². The van der Waals surface area contributed by atoms with Crippen molar-refractivity contribution in [3.63, 3.8) is 0 Å². The van der Waals surface area contributed by atoms with Gasteiger partial charge in [-0.05, 0) is 42.2 Å². The van der Waals surface area contributed by atoms with E-state index in [1.807, 2.05) is 18.2 Å². The van der Waals surface area contributed by atoms with Crippen molar-refractivity contribution in [1.29, 1.82) is 0 Å². The van der Waals surface area contributed by atoms with Gasteiger partial charge in [0, 0.05) is 5.56 Å². The van der Waals surface area contributed by atoms with Gasteiger partial charge in [0.25, 0.3) is 5.56 Å². The SMILES string of the molecule is Cc1nc2ccccc2c(=O)n1/N=C/c1cc(C(C)(C)C)ccc1O. The summed E-state index contributed by atoms with van der Waals surface area (Å²) in [6, 6.07) is 12.6. The topological polar surface area (TPSA) is 67.5 Å². The van der Waals surface area contributed by atoms with Gasteiger partial charge in [-0.3, -0.25) is 4.79 Å². The first-order valence-corrected chi connectivity index (χ1v) is 8.13. The molecule has 0 atom stereocenters. The minimum Gasteiger partial charge on any atom is -0.507 e. The zero-order valence-electron chi connectivity index (χ0n) is 14.8. The number of phenols is 1. The molecule has 3 aromatic rings. The molecule has 0 bridgehead atoms. The second-order valence-electron chi connectivity index (χ2n) is 7.06. The second-order valence-corrected chi connectivity index (χ2v) is 7.06. The highest BCUT2D eigenvalue weighted by molar-refractivity contribution is 5.84. The molecular formula is C20H21N3O2. The van der Waals surface area contributed by atoms with Gasteiger partial charge in [-0.2, -0.15) is 9.78 Å². The lowest BCUT2D eigenvalue weighted by Gasteiger charge is -2.19. The number of benzene rings is 2. The number of phenolic OH excluding ortho intramolecular Hbond substituents is 1. The molecule has 5 nitrogen and oxygen atoms in total. The molecule has 0 amide bonds. The molecule has 2 aromatic carbocycles. The molecule has 1 aromatic heterocycles. The van der Waals surface area contributed by atoms with Crippen molar-refractivity contribution in [3.8, 4) is 5.75 Å². The Kier molecular flexibility index (Phi) is 4.17. The number of hydrogen-bond acceptors (Lipinski definition) is 4. The number of para-hydroxylation sites is 1. The van der Waals surface area contributed by atoms with E-state index in [-0.39, 0.29) is 16.7 Å². The van der Waals surface area contributed by atoms with E-state index in [4.69, 9.17) is 0 Å². The molecule has 3 rings (SSSR count). The molecule has 1 N–H and O–H groups in total. The first-order chi connectivity index (χ1) is 11.8. The lowest BCUT2D eigenvalue weighted by molar-refractivity contribution is 0.473. The van der Waals surface area contributed by atoms with Crippen LogP contribution in [0.4, 0.5) is 0 Å². The van der Waals surface area contributed by atoms with Crippen LogP contribution in [0.25, 0.3) is 10.9 Å².